The van der Waals surface area contributed by atoms with E-state index >= 15 is 0 Å². The molecular formula is C27H31F3N6O6. The maximum Gasteiger partial charge on any atom is 0.417 e. The van der Waals surface area contributed by atoms with Crippen LogP contribution in [0.4, 0.5) is 29.6 Å². The molecule has 2 amide bonds. The Hall–Kier alpha value is -4.82. The monoisotopic (exact) mass is 592 g/mol. The predicted molar refractivity (Wildman–Crippen MR) is 148 cm³/mol. The minimum Gasteiger partial charge on any atom is -0.480 e. The van der Waals surface area contributed by atoms with Crippen molar-refractivity contribution in [2.24, 2.45) is 0 Å². The van der Waals surface area contributed by atoms with Crippen molar-refractivity contribution in [3.63, 3.8) is 0 Å². The number of nitrogens with two attached hydrogens (primary N) is 1. The zero-order chi connectivity index (χ0) is 31.2. The van der Waals surface area contributed by atoms with Gasteiger partial charge in [-0.25, -0.2) is 14.6 Å². The Bertz CT molecular complexity index is 1520. The van der Waals surface area contributed by atoms with Crippen molar-refractivity contribution in [3.8, 4) is 0 Å². The number of hydrogen-bond donors (Lipinski definition) is 6. The van der Waals surface area contributed by atoms with Crippen molar-refractivity contribution in [2.45, 2.75) is 58.0 Å². The number of nitrogens with one attached hydrogen (secondary N) is 4. The first-order chi connectivity index (χ1) is 19.5. The predicted octanol–water partition coefficient (Wildman–Crippen LogP) is 3.62. The number of aromatic amines is 1. The highest BCUT2D eigenvalue weighted by atomic mass is 19.4. The van der Waals surface area contributed by atoms with E-state index in [1.165, 1.54) is 36.4 Å². The summed E-state index contributed by atoms with van der Waals surface area (Å²) in [7, 11) is 0. The molecule has 0 spiro atoms. The molecule has 0 saturated heterocycles. The maximum absolute atomic E-state index is 13.9. The molecule has 0 fully saturated rings. The standard InChI is InChI=1S/C27H31F3N6O6/c1-26(2,3)42-25(41)32-12-4-5-18(23(39)40)34-21(37)14-6-9-16(10-7-14)33-13-15-8-11-17-19(20(15)27(28,29)30)22(38)36-24(31)35-17/h6-11,18,33H,4-5,12-13H2,1-3H3,(H,32,41)(H,34,37)(H,39,40)(H3,31,35,36,38)/t18-/m0/s1. The third-order valence-electron chi connectivity index (χ3n) is 5.83. The lowest BCUT2D eigenvalue weighted by atomic mass is 10.0. The zero-order valence-electron chi connectivity index (χ0n) is 23.0. The van der Waals surface area contributed by atoms with Gasteiger partial charge >= 0.3 is 18.2 Å². The number of nitrogens with zero attached hydrogens (tertiary/aromatic N) is 1. The highest BCUT2D eigenvalue weighted by Crippen LogP contribution is 2.36. The molecule has 42 heavy (non-hydrogen) atoms. The second kappa shape index (κ2) is 12.8. The van der Waals surface area contributed by atoms with E-state index in [4.69, 9.17) is 10.5 Å². The fourth-order valence-electron chi connectivity index (χ4n) is 4.01. The SMILES string of the molecule is CC(C)(C)OC(=O)NCCC[C@H](NC(=O)c1ccc(NCc2ccc3nc(N)[nH]c(=O)c3c2C(F)(F)F)cc1)C(=O)O. The van der Waals surface area contributed by atoms with Gasteiger partial charge in [0.05, 0.1) is 16.5 Å². The average Bonchev–Trinajstić information content (AvgIpc) is 2.87. The van der Waals surface area contributed by atoms with E-state index in [1.807, 2.05) is 0 Å². The van der Waals surface area contributed by atoms with Gasteiger partial charge in [-0.1, -0.05) is 6.07 Å². The number of aliphatic carboxylic acids is 1. The number of anilines is 2. The number of rotatable bonds is 10. The van der Waals surface area contributed by atoms with Crippen molar-refractivity contribution in [3.05, 3.63) is 63.4 Å². The number of hydrogen-bond acceptors (Lipinski definition) is 8. The lowest BCUT2D eigenvalue weighted by Crippen LogP contribution is -2.41. The Labute approximate surface area is 237 Å². The third-order valence-corrected chi connectivity index (χ3v) is 5.83. The second-order valence-corrected chi connectivity index (χ2v) is 10.3. The molecule has 1 aromatic heterocycles. The van der Waals surface area contributed by atoms with E-state index in [9.17, 15) is 37.5 Å². The van der Waals surface area contributed by atoms with Gasteiger partial charge in [0.2, 0.25) is 5.95 Å². The van der Waals surface area contributed by atoms with Gasteiger partial charge in [0, 0.05) is 24.3 Å². The highest BCUT2D eigenvalue weighted by molar-refractivity contribution is 5.96. The molecule has 0 bridgehead atoms. The Morgan fingerprint density at radius 3 is 2.36 bits per heavy atom. The van der Waals surface area contributed by atoms with E-state index < -0.39 is 52.3 Å². The number of carbonyl (C=O) groups is 3. The molecule has 3 rings (SSSR count). The molecule has 0 aliphatic carbocycles. The number of carboxylic acid groups (broad SMARTS) is 1. The summed E-state index contributed by atoms with van der Waals surface area (Å²) >= 11 is 0. The maximum atomic E-state index is 13.9. The molecule has 0 saturated carbocycles. The second-order valence-electron chi connectivity index (χ2n) is 10.3. The first-order valence-corrected chi connectivity index (χ1v) is 12.8. The number of aromatic nitrogens is 2. The molecule has 2 aromatic carbocycles. The molecule has 0 aliphatic heterocycles. The number of benzene rings is 2. The summed E-state index contributed by atoms with van der Waals surface area (Å²) in [6, 6.07) is 6.88. The van der Waals surface area contributed by atoms with Gasteiger partial charge in [0.15, 0.2) is 0 Å². The highest BCUT2D eigenvalue weighted by Gasteiger charge is 2.36. The van der Waals surface area contributed by atoms with Crippen molar-refractivity contribution >= 4 is 40.5 Å². The van der Waals surface area contributed by atoms with Crippen molar-refractivity contribution in [2.75, 3.05) is 17.6 Å². The minimum absolute atomic E-state index is 0.0365. The number of nitrogen functional groups attached to an aromatic ring is 1. The fourth-order valence-corrected chi connectivity index (χ4v) is 4.01. The first kappa shape index (κ1) is 31.7. The molecule has 3 aromatic rings. The topological polar surface area (TPSA) is 189 Å². The van der Waals surface area contributed by atoms with Gasteiger partial charge in [0.1, 0.15) is 11.6 Å². The van der Waals surface area contributed by atoms with Crippen LogP contribution in [0.2, 0.25) is 0 Å². The van der Waals surface area contributed by atoms with E-state index in [1.54, 1.807) is 20.8 Å². The molecule has 226 valence electrons. The van der Waals surface area contributed by atoms with Crippen LogP contribution in [0.1, 0.15) is 55.1 Å². The van der Waals surface area contributed by atoms with Gasteiger partial charge < -0.3 is 31.5 Å². The number of H-pyrrole nitrogens is 1. The molecule has 15 heteroatoms. The smallest absolute Gasteiger partial charge is 0.417 e. The van der Waals surface area contributed by atoms with Crippen LogP contribution in [0.25, 0.3) is 10.9 Å². The van der Waals surface area contributed by atoms with Crippen LogP contribution in [0.15, 0.2) is 41.2 Å². The molecule has 1 atom stereocenters. The van der Waals surface area contributed by atoms with E-state index in [0.717, 1.165) is 0 Å². The van der Waals surface area contributed by atoms with E-state index in [2.05, 4.69) is 25.9 Å². The number of ether oxygens (including phenoxy) is 1. The van der Waals surface area contributed by atoms with Gasteiger partial charge in [-0.2, -0.15) is 13.2 Å². The number of halogens is 3. The quantitative estimate of drug-likeness (QED) is 0.191. The largest absolute Gasteiger partial charge is 0.480 e. The van der Waals surface area contributed by atoms with E-state index in [-0.39, 0.29) is 48.5 Å². The summed E-state index contributed by atoms with van der Waals surface area (Å²) < 4.78 is 46.9. The summed E-state index contributed by atoms with van der Waals surface area (Å²) in [6.45, 7) is 4.95. The molecular weight excluding hydrogens is 561 g/mol. The summed E-state index contributed by atoms with van der Waals surface area (Å²) in [5.74, 6) is -2.24. The minimum atomic E-state index is -4.85. The number of fused-ring (bicyclic) bond motifs is 1. The average molecular weight is 593 g/mol. The molecule has 1 heterocycles. The molecule has 0 unspecified atom stereocenters. The van der Waals surface area contributed by atoms with Crippen molar-refractivity contribution in [1.29, 1.82) is 0 Å². The van der Waals surface area contributed by atoms with Gasteiger partial charge in [-0.05, 0) is 69.5 Å². The first-order valence-electron chi connectivity index (χ1n) is 12.8. The lowest BCUT2D eigenvalue weighted by molar-refractivity contribution is -0.139. The fraction of sp³-hybridized carbons (Fsp3) is 0.370. The van der Waals surface area contributed by atoms with Crippen LogP contribution >= 0.6 is 0 Å². The molecule has 7 N–H and O–H groups in total. The zero-order valence-corrected chi connectivity index (χ0v) is 23.0. The number of carbonyl (C=O) groups excluding carboxylic acids is 2. The van der Waals surface area contributed by atoms with Crippen LogP contribution in [0.5, 0.6) is 0 Å². The van der Waals surface area contributed by atoms with Crippen molar-refractivity contribution < 1.29 is 37.4 Å². The Morgan fingerprint density at radius 1 is 1.10 bits per heavy atom. The normalized spacial score (nSPS) is 12.4. The van der Waals surface area contributed by atoms with Gasteiger partial charge in [0.25, 0.3) is 11.5 Å². The Morgan fingerprint density at radius 2 is 1.76 bits per heavy atom. The lowest BCUT2D eigenvalue weighted by Gasteiger charge is -2.20. The van der Waals surface area contributed by atoms with Crippen LogP contribution < -0.4 is 27.2 Å². The Balaban J connectivity index is 1.62. The summed E-state index contributed by atoms with van der Waals surface area (Å²) in [6.07, 6.45) is -5.20. The van der Waals surface area contributed by atoms with Crippen LogP contribution in [0.3, 0.4) is 0 Å². The van der Waals surface area contributed by atoms with E-state index in [0.29, 0.717) is 5.69 Å². The molecule has 0 aliphatic rings. The summed E-state index contributed by atoms with van der Waals surface area (Å²) in [5.41, 5.74) is 2.70. The van der Waals surface area contributed by atoms with Gasteiger partial charge in [-0.3, -0.25) is 14.6 Å². The Kier molecular flexibility index (Phi) is 9.65. The van der Waals surface area contributed by atoms with Crippen LogP contribution in [0, 0.1) is 0 Å². The third kappa shape index (κ3) is 8.59. The number of amides is 2. The number of carboxylic acids is 1. The van der Waals surface area contributed by atoms with Crippen molar-refractivity contribution in [1.82, 2.24) is 20.6 Å². The van der Waals surface area contributed by atoms with Gasteiger partial charge in [-0.15, -0.1) is 0 Å². The molecule has 12 nitrogen and oxygen atoms in total. The number of alkyl halides is 3. The number of alkyl carbamates (subject to hydrolysis) is 1. The van der Waals surface area contributed by atoms with Crippen LogP contribution in [-0.2, 0) is 22.3 Å². The molecule has 0 radical (unpaired) electrons. The summed E-state index contributed by atoms with van der Waals surface area (Å²) in [4.78, 5) is 54.1. The summed E-state index contributed by atoms with van der Waals surface area (Å²) in [5, 5.41) is 16.6. The van der Waals surface area contributed by atoms with Crippen LogP contribution in [-0.4, -0.2) is 51.2 Å².